The number of hydrogen-bond donors (Lipinski definition) is 0. The summed E-state index contributed by atoms with van der Waals surface area (Å²) >= 11 is 0. The molecule has 0 saturated heterocycles. The fourth-order valence-electron chi connectivity index (χ4n) is 4.22. The quantitative estimate of drug-likeness (QED) is 0.439. The van der Waals surface area contributed by atoms with E-state index < -0.39 is 16.3 Å². The van der Waals surface area contributed by atoms with Gasteiger partial charge in [0, 0.05) is 36.9 Å². The second-order valence-corrected chi connectivity index (χ2v) is 18.8. The molecule has 0 bridgehead atoms. The first-order valence-corrected chi connectivity index (χ1v) is 12.9. The molecule has 26 heavy (non-hydrogen) atoms. The first-order chi connectivity index (χ1) is 11.4. The summed E-state index contributed by atoms with van der Waals surface area (Å²) in [5.41, 5.74) is 0. The molecule has 2 nitrogen and oxygen atoms in total. The van der Waals surface area contributed by atoms with E-state index >= 15 is 0 Å². The van der Waals surface area contributed by atoms with Crippen molar-refractivity contribution in [3.05, 3.63) is 0 Å². The van der Waals surface area contributed by atoms with E-state index in [9.17, 15) is 0 Å². The molecule has 0 aromatic heterocycles. The summed E-state index contributed by atoms with van der Waals surface area (Å²) in [5, 5.41) is 0.755. The van der Waals surface area contributed by atoms with Crippen LogP contribution in [0.5, 0.6) is 0 Å². The highest BCUT2D eigenvalue weighted by molar-refractivity contribution is 7.56. The Bertz CT molecular complexity index is 365. The minimum atomic E-state index is -0.546. The van der Waals surface area contributed by atoms with Crippen LogP contribution < -0.4 is 0 Å². The van der Waals surface area contributed by atoms with Gasteiger partial charge in [-0.15, -0.1) is 0 Å². The molecule has 0 heterocycles. The summed E-state index contributed by atoms with van der Waals surface area (Å²) in [4.78, 5) is 0. The van der Waals surface area contributed by atoms with Gasteiger partial charge in [0.05, 0.1) is 12.2 Å². The fourth-order valence-corrected chi connectivity index (χ4v) is 10.5. The second-order valence-electron chi connectivity index (χ2n) is 11.8. The zero-order valence-electron chi connectivity index (χ0n) is 19.7. The lowest BCUT2D eigenvalue weighted by molar-refractivity contribution is 0.0311. The Morgan fingerprint density at radius 1 is 0.500 bits per heavy atom. The standard InChI is InChI=1S/C22H46O2P2/c1-19(2,3)25(20(4,5)6)23-17-15-13-14-16-18(17)24-26(21(7,8)9)22(10,11)12/h17-18H,13-16H2,1-12H3/t17-,18+. The molecule has 1 aliphatic carbocycles. The van der Waals surface area contributed by atoms with Crippen LogP contribution in [-0.4, -0.2) is 32.8 Å². The maximum atomic E-state index is 6.91. The average Bonchev–Trinajstić information content (AvgIpc) is 2.38. The molecule has 0 aromatic rings. The Morgan fingerprint density at radius 2 is 0.731 bits per heavy atom. The van der Waals surface area contributed by atoms with Crippen LogP contribution in [0, 0.1) is 0 Å². The predicted octanol–water partition coefficient (Wildman–Crippen LogP) is 8.32. The van der Waals surface area contributed by atoms with Crippen molar-refractivity contribution in [3.8, 4) is 0 Å². The number of rotatable bonds is 4. The molecular weight excluding hydrogens is 358 g/mol. The van der Waals surface area contributed by atoms with E-state index in [-0.39, 0.29) is 32.8 Å². The number of hydrogen-bond acceptors (Lipinski definition) is 2. The fraction of sp³-hybridized carbons (Fsp3) is 1.00. The summed E-state index contributed by atoms with van der Waals surface area (Å²) in [6.45, 7) is 28.0. The molecule has 0 spiro atoms. The SMILES string of the molecule is CC(C)(C)P(O[C@H]1CCCC[C@H]1OP(C(C)(C)C)C(C)(C)C)C(C)(C)C. The third-order valence-electron chi connectivity index (χ3n) is 4.56. The van der Waals surface area contributed by atoms with Gasteiger partial charge in [0.2, 0.25) is 0 Å². The van der Waals surface area contributed by atoms with Crippen LogP contribution in [-0.2, 0) is 9.05 Å². The van der Waals surface area contributed by atoms with Crippen molar-refractivity contribution in [2.75, 3.05) is 0 Å². The van der Waals surface area contributed by atoms with Crippen molar-refractivity contribution in [2.45, 2.75) is 142 Å². The van der Waals surface area contributed by atoms with Gasteiger partial charge in [-0.3, -0.25) is 0 Å². The lowest BCUT2D eigenvalue weighted by Gasteiger charge is -2.47. The first kappa shape index (κ1) is 24.8. The molecule has 0 amide bonds. The summed E-state index contributed by atoms with van der Waals surface area (Å²) in [6, 6.07) is 0. The Kier molecular flexibility index (Phi) is 8.26. The van der Waals surface area contributed by atoms with Crippen molar-refractivity contribution in [1.29, 1.82) is 0 Å². The van der Waals surface area contributed by atoms with Crippen molar-refractivity contribution >= 4 is 16.3 Å². The van der Waals surface area contributed by atoms with Gasteiger partial charge in [-0.25, -0.2) is 0 Å². The molecule has 0 N–H and O–H groups in total. The van der Waals surface area contributed by atoms with Crippen LogP contribution in [0.15, 0.2) is 0 Å². The Hall–Kier alpha value is 0.780. The zero-order chi connectivity index (χ0) is 20.6. The largest absolute Gasteiger partial charge is 0.352 e. The summed E-state index contributed by atoms with van der Waals surface area (Å²) in [7, 11) is -1.09. The molecule has 4 heteroatoms. The van der Waals surface area contributed by atoms with Gasteiger partial charge in [0.25, 0.3) is 0 Å². The van der Waals surface area contributed by atoms with Gasteiger partial charge in [-0.2, -0.15) is 0 Å². The highest BCUT2D eigenvalue weighted by Gasteiger charge is 2.43. The van der Waals surface area contributed by atoms with Crippen molar-refractivity contribution in [2.24, 2.45) is 0 Å². The van der Waals surface area contributed by atoms with Gasteiger partial charge in [-0.1, -0.05) is 95.9 Å². The maximum absolute atomic E-state index is 6.91. The van der Waals surface area contributed by atoms with E-state index in [4.69, 9.17) is 9.05 Å². The van der Waals surface area contributed by atoms with E-state index in [1.54, 1.807) is 0 Å². The molecule has 1 saturated carbocycles. The summed E-state index contributed by atoms with van der Waals surface area (Å²) < 4.78 is 13.8. The van der Waals surface area contributed by atoms with Gasteiger partial charge >= 0.3 is 0 Å². The monoisotopic (exact) mass is 404 g/mol. The van der Waals surface area contributed by atoms with Gasteiger partial charge < -0.3 is 9.05 Å². The van der Waals surface area contributed by atoms with Crippen molar-refractivity contribution < 1.29 is 9.05 Å². The van der Waals surface area contributed by atoms with E-state index in [1.165, 1.54) is 12.8 Å². The van der Waals surface area contributed by atoms with Crippen LogP contribution >= 0.6 is 16.3 Å². The van der Waals surface area contributed by atoms with E-state index in [1.807, 2.05) is 0 Å². The van der Waals surface area contributed by atoms with Crippen molar-refractivity contribution in [3.63, 3.8) is 0 Å². The Morgan fingerprint density at radius 3 is 0.923 bits per heavy atom. The van der Waals surface area contributed by atoms with Gasteiger partial charge in [0.15, 0.2) is 0 Å². The molecule has 1 fully saturated rings. The van der Waals surface area contributed by atoms with Crippen LogP contribution in [0.4, 0.5) is 0 Å². The van der Waals surface area contributed by atoms with E-state index in [2.05, 4.69) is 83.1 Å². The van der Waals surface area contributed by atoms with Crippen LogP contribution in [0.3, 0.4) is 0 Å². The van der Waals surface area contributed by atoms with Crippen LogP contribution in [0.2, 0.25) is 0 Å². The third kappa shape index (κ3) is 7.31. The summed E-state index contributed by atoms with van der Waals surface area (Å²) in [6.07, 6.45) is 5.34. The Labute approximate surface area is 167 Å². The van der Waals surface area contributed by atoms with Gasteiger partial charge in [-0.05, 0) is 12.8 Å². The normalized spacial score (nSPS) is 23.8. The smallest absolute Gasteiger partial charge is 0.0883 e. The molecule has 0 aromatic carbocycles. The zero-order valence-corrected chi connectivity index (χ0v) is 21.5. The lowest BCUT2D eigenvalue weighted by Crippen LogP contribution is -2.39. The van der Waals surface area contributed by atoms with Crippen LogP contribution in [0.25, 0.3) is 0 Å². The van der Waals surface area contributed by atoms with Crippen LogP contribution in [0.1, 0.15) is 109 Å². The topological polar surface area (TPSA) is 18.5 Å². The molecule has 1 aliphatic rings. The highest BCUT2D eigenvalue weighted by atomic mass is 31.1. The molecular formula is C22H46O2P2. The molecule has 2 atom stereocenters. The van der Waals surface area contributed by atoms with E-state index in [0.29, 0.717) is 0 Å². The second kappa shape index (κ2) is 8.65. The highest BCUT2D eigenvalue weighted by Crippen LogP contribution is 2.64. The minimum Gasteiger partial charge on any atom is -0.352 e. The molecule has 1 rings (SSSR count). The molecule has 0 unspecified atom stereocenters. The maximum Gasteiger partial charge on any atom is 0.0883 e. The predicted molar refractivity (Wildman–Crippen MR) is 121 cm³/mol. The Balaban J connectivity index is 3.03. The average molecular weight is 405 g/mol. The molecule has 0 aliphatic heterocycles. The van der Waals surface area contributed by atoms with E-state index in [0.717, 1.165) is 12.8 Å². The summed E-state index contributed by atoms with van der Waals surface area (Å²) in [5.74, 6) is 0. The first-order valence-electron chi connectivity index (χ1n) is 10.4. The minimum absolute atomic E-state index is 0.189. The van der Waals surface area contributed by atoms with Crippen molar-refractivity contribution in [1.82, 2.24) is 0 Å². The molecule has 0 radical (unpaired) electrons. The molecule has 156 valence electrons. The lowest BCUT2D eigenvalue weighted by atomic mass is 9.95. The van der Waals surface area contributed by atoms with Gasteiger partial charge in [0.1, 0.15) is 0 Å². The third-order valence-corrected chi connectivity index (χ3v) is 10.4.